The van der Waals surface area contributed by atoms with Crippen molar-refractivity contribution < 1.29 is 12.8 Å². The molecule has 8 heteroatoms. The molecule has 0 saturated carbocycles. The number of hydrogen-bond acceptors (Lipinski definition) is 3. The lowest BCUT2D eigenvalue weighted by Crippen LogP contribution is -2.23. The molecule has 0 bridgehead atoms. The fourth-order valence-corrected chi connectivity index (χ4v) is 3.13. The number of benzene rings is 1. The molecule has 20 heavy (non-hydrogen) atoms. The molecule has 0 aliphatic rings. The Morgan fingerprint density at radius 2 is 2.05 bits per heavy atom. The van der Waals surface area contributed by atoms with E-state index >= 15 is 0 Å². The number of rotatable bonds is 4. The third-order valence-corrected chi connectivity index (χ3v) is 4.85. The predicted molar refractivity (Wildman–Crippen MR) is 77.4 cm³/mol. The predicted octanol–water partition coefficient (Wildman–Crippen LogP) is 3.12. The van der Waals surface area contributed by atoms with Gasteiger partial charge in [-0.25, -0.2) is 22.5 Å². The molecule has 0 saturated heterocycles. The van der Waals surface area contributed by atoms with E-state index in [2.05, 4.69) is 25.6 Å². The second-order valence-electron chi connectivity index (χ2n) is 3.87. The summed E-state index contributed by atoms with van der Waals surface area (Å²) in [6, 6.07) is 6.62. The summed E-state index contributed by atoms with van der Waals surface area (Å²) >= 11 is 8.89. The summed E-state index contributed by atoms with van der Waals surface area (Å²) in [5.41, 5.74) is 0.494. The Balaban J connectivity index is 2.19. The molecule has 1 aromatic heterocycles. The van der Waals surface area contributed by atoms with Crippen LogP contribution in [0.25, 0.3) is 0 Å². The van der Waals surface area contributed by atoms with Crippen LogP contribution in [0.1, 0.15) is 5.56 Å². The van der Waals surface area contributed by atoms with Crippen molar-refractivity contribution in [3.05, 3.63) is 57.5 Å². The van der Waals surface area contributed by atoms with Crippen LogP contribution in [-0.2, 0) is 16.6 Å². The largest absolute Gasteiger partial charge is 0.244 e. The van der Waals surface area contributed by atoms with Crippen molar-refractivity contribution in [1.29, 1.82) is 0 Å². The van der Waals surface area contributed by atoms with Crippen molar-refractivity contribution in [1.82, 2.24) is 9.71 Å². The van der Waals surface area contributed by atoms with Gasteiger partial charge >= 0.3 is 0 Å². The minimum Gasteiger partial charge on any atom is -0.244 e. The highest BCUT2D eigenvalue weighted by Gasteiger charge is 2.15. The molecule has 0 atom stereocenters. The summed E-state index contributed by atoms with van der Waals surface area (Å²) in [7, 11) is -3.73. The Kier molecular flexibility index (Phi) is 4.74. The van der Waals surface area contributed by atoms with Crippen LogP contribution in [0, 0.1) is 5.82 Å². The zero-order valence-corrected chi connectivity index (χ0v) is 13.1. The quantitative estimate of drug-likeness (QED) is 0.830. The van der Waals surface area contributed by atoms with Gasteiger partial charge in [-0.3, -0.25) is 0 Å². The lowest BCUT2D eigenvalue weighted by Gasteiger charge is -2.08. The molecule has 0 unspecified atom stereocenters. The molecule has 2 rings (SSSR count). The van der Waals surface area contributed by atoms with Gasteiger partial charge in [-0.15, -0.1) is 0 Å². The summed E-state index contributed by atoms with van der Waals surface area (Å²) in [5, 5.41) is 0.0832. The Bertz CT molecular complexity index is 740. The Morgan fingerprint density at radius 3 is 2.75 bits per heavy atom. The molecule has 2 aromatic rings. The number of aromatic nitrogens is 1. The van der Waals surface area contributed by atoms with Gasteiger partial charge < -0.3 is 0 Å². The number of hydrogen-bond donors (Lipinski definition) is 1. The van der Waals surface area contributed by atoms with Crippen molar-refractivity contribution in [2.24, 2.45) is 0 Å². The molecule has 1 aromatic carbocycles. The molecule has 106 valence electrons. The second-order valence-corrected chi connectivity index (χ2v) is 6.88. The average Bonchev–Trinajstić information content (AvgIpc) is 2.40. The molecule has 0 aliphatic carbocycles. The number of nitrogens with zero attached hydrogens (tertiary/aromatic N) is 1. The van der Waals surface area contributed by atoms with E-state index < -0.39 is 15.8 Å². The van der Waals surface area contributed by atoms with Gasteiger partial charge in [-0.2, -0.15) is 0 Å². The SMILES string of the molecule is O=S(=O)(NCc1cc(F)ccc1Br)c1ccnc(Cl)c1. The smallest absolute Gasteiger partial charge is 0.241 e. The van der Waals surface area contributed by atoms with E-state index in [-0.39, 0.29) is 16.6 Å². The fourth-order valence-electron chi connectivity index (χ4n) is 1.49. The first-order valence-electron chi connectivity index (χ1n) is 5.43. The maximum absolute atomic E-state index is 13.1. The molecular weight excluding hydrogens is 371 g/mol. The molecule has 4 nitrogen and oxygen atoms in total. The zero-order chi connectivity index (χ0) is 14.8. The first-order chi connectivity index (χ1) is 9.38. The monoisotopic (exact) mass is 378 g/mol. The summed E-state index contributed by atoms with van der Waals surface area (Å²) in [4.78, 5) is 3.72. The van der Waals surface area contributed by atoms with Crippen LogP contribution in [0.15, 0.2) is 45.9 Å². The van der Waals surface area contributed by atoms with Crippen LogP contribution in [0.3, 0.4) is 0 Å². The van der Waals surface area contributed by atoms with E-state index in [0.717, 1.165) is 0 Å². The van der Waals surface area contributed by atoms with Gasteiger partial charge in [0.25, 0.3) is 0 Å². The van der Waals surface area contributed by atoms with E-state index in [1.165, 1.54) is 36.5 Å². The minimum absolute atomic E-state index is 0.00465. The lowest BCUT2D eigenvalue weighted by atomic mass is 10.2. The highest BCUT2D eigenvalue weighted by molar-refractivity contribution is 9.10. The third-order valence-electron chi connectivity index (χ3n) is 2.47. The highest BCUT2D eigenvalue weighted by atomic mass is 79.9. The number of sulfonamides is 1. The van der Waals surface area contributed by atoms with Gasteiger partial charge in [0.1, 0.15) is 11.0 Å². The van der Waals surface area contributed by atoms with Crippen LogP contribution < -0.4 is 4.72 Å². The third kappa shape index (κ3) is 3.76. The zero-order valence-electron chi connectivity index (χ0n) is 9.98. The van der Waals surface area contributed by atoms with Gasteiger partial charge in [0.05, 0.1) is 4.90 Å². The highest BCUT2D eigenvalue weighted by Crippen LogP contribution is 2.19. The Morgan fingerprint density at radius 1 is 1.30 bits per heavy atom. The summed E-state index contributed by atoms with van der Waals surface area (Å²) in [6.45, 7) is -0.0411. The normalized spacial score (nSPS) is 11.6. The Labute approximate surface area is 129 Å². The van der Waals surface area contributed by atoms with Crippen molar-refractivity contribution >= 4 is 37.6 Å². The molecule has 0 radical (unpaired) electrons. The first-order valence-corrected chi connectivity index (χ1v) is 8.09. The number of pyridine rings is 1. The van der Waals surface area contributed by atoms with E-state index in [4.69, 9.17) is 11.6 Å². The van der Waals surface area contributed by atoms with Crippen molar-refractivity contribution in [3.63, 3.8) is 0 Å². The van der Waals surface area contributed by atoms with Crippen molar-refractivity contribution in [2.45, 2.75) is 11.4 Å². The molecule has 0 aliphatic heterocycles. The van der Waals surface area contributed by atoms with Crippen LogP contribution in [-0.4, -0.2) is 13.4 Å². The Hall–Kier alpha value is -1.02. The van der Waals surface area contributed by atoms with Crippen LogP contribution in [0.5, 0.6) is 0 Å². The maximum atomic E-state index is 13.1. The van der Waals surface area contributed by atoms with Gasteiger partial charge in [0.15, 0.2) is 0 Å². The maximum Gasteiger partial charge on any atom is 0.241 e. The van der Waals surface area contributed by atoms with Crippen LogP contribution in [0.2, 0.25) is 5.15 Å². The van der Waals surface area contributed by atoms with Gasteiger partial charge in [-0.1, -0.05) is 27.5 Å². The van der Waals surface area contributed by atoms with Gasteiger partial charge in [0, 0.05) is 17.2 Å². The molecular formula is C12H9BrClFN2O2S. The van der Waals surface area contributed by atoms with E-state index in [9.17, 15) is 12.8 Å². The van der Waals surface area contributed by atoms with Gasteiger partial charge in [0.2, 0.25) is 10.0 Å². The molecule has 1 N–H and O–H groups in total. The topological polar surface area (TPSA) is 59.1 Å². The first kappa shape index (κ1) is 15.4. The molecule has 0 spiro atoms. The van der Waals surface area contributed by atoms with Crippen LogP contribution >= 0.6 is 27.5 Å². The second kappa shape index (κ2) is 6.17. The molecule has 0 fully saturated rings. The fraction of sp³-hybridized carbons (Fsp3) is 0.0833. The minimum atomic E-state index is -3.73. The van der Waals surface area contributed by atoms with Crippen molar-refractivity contribution in [3.8, 4) is 0 Å². The van der Waals surface area contributed by atoms with E-state index in [1.54, 1.807) is 0 Å². The van der Waals surface area contributed by atoms with Crippen LogP contribution in [0.4, 0.5) is 4.39 Å². The van der Waals surface area contributed by atoms with Gasteiger partial charge in [-0.05, 0) is 35.9 Å². The average molecular weight is 380 g/mol. The lowest BCUT2D eigenvalue weighted by molar-refractivity contribution is 0.580. The number of halogens is 3. The summed E-state index contributed by atoms with van der Waals surface area (Å²) < 4.78 is 40.2. The van der Waals surface area contributed by atoms with Crippen molar-refractivity contribution in [2.75, 3.05) is 0 Å². The summed E-state index contributed by atoms with van der Waals surface area (Å²) in [5.74, 6) is -0.436. The van der Waals surface area contributed by atoms with E-state index in [0.29, 0.717) is 10.0 Å². The molecule has 1 heterocycles. The molecule has 0 amide bonds. The number of nitrogens with one attached hydrogen (secondary N) is 1. The van der Waals surface area contributed by atoms with E-state index in [1.807, 2.05) is 0 Å². The standard InChI is InChI=1S/C12H9BrClFN2O2S/c13-11-2-1-9(15)5-8(11)7-17-20(18,19)10-3-4-16-12(14)6-10/h1-6,17H,7H2. The summed E-state index contributed by atoms with van der Waals surface area (Å²) in [6.07, 6.45) is 1.30.